The number of morpholine rings is 1. The Bertz CT molecular complexity index is 1150. The highest BCUT2D eigenvalue weighted by molar-refractivity contribution is 6.02. The first-order valence-corrected chi connectivity index (χ1v) is 13.2. The fraction of sp³-hybridized carbons (Fsp3) is 0.536. The lowest BCUT2D eigenvalue weighted by molar-refractivity contribution is -0.133. The summed E-state index contributed by atoms with van der Waals surface area (Å²) >= 11 is 0. The van der Waals surface area contributed by atoms with Crippen LogP contribution in [-0.2, 0) is 16.6 Å². The molecule has 1 fully saturated rings. The van der Waals surface area contributed by atoms with Crippen LogP contribution in [0.15, 0.2) is 47.7 Å². The van der Waals surface area contributed by atoms with Crippen molar-refractivity contribution in [1.82, 2.24) is 24.7 Å². The van der Waals surface area contributed by atoms with Crippen LogP contribution < -0.4 is 10.1 Å². The molecule has 10 heteroatoms. The van der Waals surface area contributed by atoms with Gasteiger partial charge in [-0.15, -0.1) is 0 Å². The monoisotopic (exact) mass is 524 g/mol. The number of aryl methyl sites for hydroxylation is 1. The number of nitrogens with one attached hydrogen (secondary N) is 1. The predicted molar refractivity (Wildman–Crippen MR) is 146 cm³/mol. The molecule has 0 bridgehead atoms. The van der Waals surface area contributed by atoms with Crippen molar-refractivity contribution in [1.29, 1.82) is 0 Å². The number of nitrogens with zero attached hydrogens (tertiary/aromatic N) is 5. The van der Waals surface area contributed by atoms with Crippen LogP contribution in [0.5, 0.6) is 5.75 Å². The van der Waals surface area contributed by atoms with Gasteiger partial charge < -0.3 is 24.3 Å². The summed E-state index contributed by atoms with van der Waals surface area (Å²) in [5.74, 6) is 0.462. The van der Waals surface area contributed by atoms with Crippen molar-refractivity contribution in [2.75, 3.05) is 53.0 Å². The molecule has 0 saturated carbocycles. The molecule has 2 aromatic rings. The van der Waals surface area contributed by atoms with Crippen molar-refractivity contribution in [3.63, 3.8) is 0 Å². The van der Waals surface area contributed by atoms with E-state index in [2.05, 4.69) is 10.2 Å². The summed E-state index contributed by atoms with van der Waals surface area (Å²) in [7, 11) is 3.59. The third-order valence-corrected chi connectivity index (χ3v) is 6.79. The number of carbonyl (C=O) groups is 2. The first-order valence-electron chi connectivity index (χ1n) is 13.2. The predicted octanol–water partition coefficient (Wildman–Crippen LogP) is 2.85. The maximum absolute atomic E-state index is 13.9. The van der Waals surface area contributed by atoms with Crippen LogP contribution in [0.3, 0.4) is 0 Å². The van der Waals surface area contributed by atoms with Gasteiger partial charge in [0.25, 0.3) is 5.91 Å². The van der Waals surface area contributed by atoms with Gasteiger partial charge in [0.05, 0.1) is 37.8 Å². The van der Waals surface area contributed by atoms with Crippen molar-refractivity contribution in [3.8, 4) is 5.75 Å². The number of para-hydroxylation sites is 1. The molecule has 1 saturated heterocycles. The summed E-state index contributed by atoms with van der Waals surface area (Å²) in [5.41, 5.74) is 2.23. The molecular formula is C28H40N6O4. The lowest BCUT2D eigenvalue weighted by Gasteiger charge is -2.33. The first-order chi connectivity index (χ1) is 18.2. The van der Waals surface area contributed by atoms with E-state index in [4.69, 9.17) is 14.6 Å². The lowest BCUT2D eigenvalue weighted by Crippen LogP contribution is -2.53. The minimum absolute atomic E-state index is 0.0815. The molecule has 3 heterocycles. The largest absolute Gasteiger partial charge is 0.496 e. The molecule has 4 rings (SSSR count). The molecule has 2 aliphatic rings. The molecular weight excluding hydrogens is 484 g/mol. The Morgan fingerprint density at radius 2 is 1.89 bits per heavy atom. The second kappa shape index (κ2) is 12.0. The summed E-state index contributed by atoms with van der Waals surface area (Å²) in [6.45, 7) is 9.80. The van der Waals surface area contributed by atoms with E-state index in [1.807, 2.05) is 75.0 Å². The minimum Gasteiger partial charge on any atom is -0.496 e. The fourth-order valence-electron chi connectivity index (χ4n) is 4.81. The van der Waals surface area contributed by atoms with E-state index >= 15 is 0 Å². The molecule has 2 aliphatic heterocycles. The first kappa shape index (κ1) is 27.7. The smallest absolute Gasteiger partial charge is 0.318 e. The maximum Gasteiger partial charge on any atom is 0.318 e. The van der Waals surface area contributed by atoms with E-state index in [-0.39, 0.29) is 24.5 Å². The number of carbonyl (C=O) groups excluding carboxylic acids is 2. The van der Waals surface area contributed by atoms with E-state index in [1.165, 1.54) is 5.01 Å². The van der Waals surface area contributed by atoms with E-state index in [9.17, 15) is 9.59 Å². The van der Waals surface area contributed by atoms with Gasteiger partial charge in [0, 0.05) is 56.9 Å². The number of ether oxygens (including phenoxy) is 2. The summed E-state index contributed by atoms with van der Waals surface area (Å²) in [6, 6.07) is 11.1. The van der Waals surface area contributed by atoms with E-state index in [0.717, 1.165) is 30.1 Å². The quantitative estimate of drug-likeness (QED) is 0.574. The van der Waals surface area contributed by atoms with Gasteiger partial charge in [-0.05, 0) is 39.0 Å². The van der Waals surface area contributed by atoms with Crippen molar-refractivity contribution < 1.29 is 19.1 Å². The number of methoxy groups -OCH3 is 1. The zero-order chi connectivity index (χ0) is 27.3. The average molecular weight is 525 g/mol. The van der Waals surface area contributed by atoms with Crippen molar-refractivity contribution in [2.45, 2.75) is 38.8 Å². The van der Waals surface area contributed by atoms with Crippen LogP contribution in [-0.4, -0.2) is 95.6 Å². The van der Waals surface area contributed by atoms with Crippen LogP contribution in [0, 0.1) is 0 Å². The van der Waals surface area contributed by atoms with Crippen LogP contribution in [0.25, 0.3) is 0 Å². The number of hydrogen-bond acceptors (Lipinski definition) is 6. The third-order valence-electron chi connectivity index (χ3n) is 6.79. The van der Waals surface area contributed by atoms with E-state index in [1.54, 1.807) is 12.0 Å². The molecule has 1 unspecified atom stereocenters. The highest BCUT2D eigenvalue weighted by Crippen LogP contribution is 2.37. The maximum atomic E-state index is 13.9. The number of rotatable bonds is 8. The van der Waals surface area contributed by atoms with Gasteiger partial charge >= 0.3 is 6.03 Å². The molecule has 1 atom stereocenters. The molecule has 0 spiro atoms. The van der Waals surface area contributed by atoms with Gasteiger partial charge in [0.15, 0.2) is 0 Å². The molecule has 3 amide bonds. The van der Waals surface area contributed by atoms with E-state index < -0.39 is 5.54 Å². The van der Waals surface area contributed by atoms with Crippen LogP contribution in [0.2, 0.25) is 0 Å². The van der Waals surface area contributed by atoms with Crippen LogP contribution in [0.4, 0.5) is 4.79 Å². The Kier molecular flexibility index (Phi) is 8.73. The lowest BCUT2D eigenvalue weighted by atomic mass is 9.99. The average Bonchev–Trinajstić information content (AvgIpc) is 3.52. The minimum atomic E-state index is -0.428. The number of benzene rings is 1. The van der Waals surface area contributed by atoms with Crippen molar-refractivity contribution in [3.05, 3.63) is 53.9 Å². The van der Waals surface area contributed by atoms with Gasteiger partial charge in [-0.1, -0.05) is 18.2 Å². The summed E-state index contributed by atoms with van der Waals surface area (Å²) in [4.78, 5) is 31.0. The second-order valence-corrected chi connectivity index (χ2v) is 10.8. The van der Waals surface area contributed by atoms with E-state index in [0.29, 0.717) is 38.5 Å². The molecule has 1 aromatic carbocycles. The van der Waals surface area contributed by atoms with Crippen LogP contribution >= 0.6 is 0 Å². The Morgan fingerprint density at radius 3 is 2.55 bits per heavy atom. The molecule has 1 aromatic heterocycles. The Labute approximate surface area is 225 Å². The number of hydrogen-bond donors (Lipinski definition) is 1. The molecule has 0 radical (unpaired) electrons. The van der Waals surface area contributed by atoms with Crippen LogP contribution in [0.1, 0.15) is 44.5 Å². The highest BCUT2D eigenvalue weighted by Gasteiger charge is 2.36. The summed E-state index contributed by atoms with van der Waals surface area (Å²) in [5, 5.41) is 9.35. The van der Waals surface area contributed by atoms with Crippen molar-refractivity contribution >= 4 is 17.6 Å². The standard InChI is InChI=1S/C28H40N6O4/c1-28(2,3)29-27(36)33(14-13-32-15-17-38-18-16-32)20-26(35)34-24(21-9-6-7-11-25(21)37-5)19-22(30-34)23-10-8-12-31(23)4/h6-12,24H,13-20H2,1-5H3,(H,29,36). The molecule has 0 aliphatic carbocycles. The van der Waals surface area contributed by atoms with Gasteiger partial charge in [0.2, 0.25) is 0 Å². The molecule has 10 nitrogen and oxygen atoms in total. The topological polar surface area (TPSA) is 91.6 Å². The normalized spacial score (nSPS) is 18.3. The molecule has 206 valence electrons. The molecule has 38 heavy (non-hydrogen) atoms. The number of hydrazone groups is 1. The van der Waals surface area contributed by atoms with Gasteiger partial charge in [-0.2, -0.15) is 5.10 Å². The zero-order valence-electron chi connectivity index (χ0n) is 23.1. The van der Waals surface area contributed by atoms with Gasteiger partial charge in [-0.25, -0.2) is 9.80 Å². The zero-order valence-corrected chi connectivity index (χ0v) is 23.1. The van der Waals surface area contributed by atoms with Gasteiger partial charge in [-0.3, -0.25) is 9.69 Å². The highest BCUT2D eigenvalue weighted by atomic mass is 16.5. The summed E-state index contributed by atoms with van der Waals surface area (Å²) in [6.07, 6.45) is 2.51. The van der Waals surface area contributed by atoms with Gasteiger partial charge in [0.1, 0.15) is 12.3 Å². The Morgan fingerprint density at radius 1 is 1.16 bits per heavy atom. The number of amides is 3. The van der Waals surface area contributed by atoms with Crippen molar-refractivity contribution in [2.24, 2.45) is 12.1 Å². The Hall–Kier alpha value is -3.37. The number of urea groups is 1. The Balaban J connectivity index is 1.59. The second-order valence-electron chi connectivity index (χ2n) is 10.8. The number of aromatic nitrogens is 1. The SMILES string of the molecule is COc1ccccc1C1CC(c2cccn2C)=NN1C(=O)CN(CCN1CCOCC1)C(=O)NC(C)(C)C. The fourth-order valence-corrected chi connectivity index (χ4v) is 4.81. The summed E-state index contributed by atoms with van der Waals surface area (Å²) < 4.78 is 13.1. The molecule has 1 N–H and O–H groups in total. The third kappa shape index (κ3) is 6.73.